The lowest BCUT2D eigenvalue weighted by Gasteiger charge is -2.12. The summed E-state index contributed by atoms with van der Waals surface area (Å²) in [6.07, 6.45) is 1.03. The molecule has 23 heavy (non-hydrogen) atoms. The van der Waals surface area contributed by atoms with E-state index in [2.05, 4.69) is 55.6 Å². The van der Waals surface area contributed by atoms with E-state index in [1.807, 2.05) is 18.2 Å². The smallest absolute Gasteiger partial charge is 0.120 e. The predicted molar refractivity (Wildman–Crippen MR) is 97.9 cm³/mol. The second kappa shape index (κ2) is 6.74. The van der Waals surface area contributed by atoms with E-state index in [-0.39, 0.29) is 0 Å². The van der Waals surface area contributed by atoms with Gasteiger partial charge in [-0.1, -0.05) is 56.3 Å². The van der Waals surface area contributed by atoms with E-state index in [0.717, 1.165) is 17.7 Å². The summed E-state index contributed by atoms with van der Waals surface area (Å²) in [5.41, 5.74) is 3.28. The maximum absolute atomic E-state index is 10.1. The van der Waals surface area contributed by atoms with Gasteiger partial charge in [0, 0.05) is 17.8 Å². The third-order valence-corrected chi connectivity index (χ3v) is 4.02. The zero-order chi connectivity index (χ0) is 16.2. The highest BCUT2D eigenvalue weighted by molar-refractivity contribution is 5.85. The van der Waals surface area contributed by atoms with E-state index in [1.165, 1.54) is 16.3 Å². The lowest BCUT2D eigenvalue weighted by Crippen LogP contribution is -2.01. The highest BCUT2D eigenvalue weighted by atomic mass is 16.3. The minimum absolute atomic E-state index is 0.353. The quantitative estimate of drug-likeness (QED) is 0.665. The summed E-state index contributed by atoms with van der Waals surface area (Å²) < 4.78 is 0. The van der Waals surface area contributed by atoms with Gasteiger partial charge < -0.3 is 10.4 Å². The monoisotopic (exact) mass is 305 g/mol. The van der Waals surface area contributed by atoms with Gasteiger partial charge in [0.25, 0.3) is 0 Å². The van der Waals surface area contributed by atoms with Crippen LogP contribution >= 0.6 is 0 Å². The van der Waals surface area contributed by atoms with Gasteiger partial charge in [0.2, 0.25) is 0 Å². The molecule has 0 radical (unpaired) electrons. The molecule has 0 aliphatic heterocycles. The summed E-state index contributed by atoms with van der Waals surface area (Å²) in [7, 11) is 0. The fraction of sp³-hybridized carbons (Fsp3) is 0.238. The van der Waals surface area contributed by atoms with Gasteiger partial charge >= 0.3 is 0 Å². The van der Waals surface area contributed by atoms with Crippen LogP contribution in [-0.2, 0) is 13.0 Å². The molecule has 2 heteroatoms. The highest BCUT2D eigenvalue weighted by Gasteiger charge is 2.05. The minimum Gasteiger partial charge on any atom is -0.508 e. The van der Waals surface area contributed by atoms with Gasteiger partial charge in [0.05, 0.1) is 0 Å². The van der Waals surface area contributed by atoms with Gasteiger partial charge in [-0.25, -0.2) is 0 Å². The molecule has 0 bridgehead atoms. The van der Waals surface area contributed by atoms with Gasteiger partial charge in [0.1, 0.15) is 5.75 Å². The number of anilines is 1. The van der Waals surface area contributed by atoms with Crippen LogP contribution in [0, 0.1) is 5.92 Å². The summed E-state index contributed by atoms with van der Waals surface area (Å²) in [5.74, 6) is 0.964. The van der Waals surface area contributed by atoms with E-state index >= 15 is 0 Å². The molecule has 0 fully saturated rings. The van der Waals surface area contributed by atoms with Crippen molar-refractivity contribution in [3.63, 3.8) is 0 Å². The second-order valence-electron chi connectivity index (χ2n) is 6.48. The van der Waals surface area contributed by atoms with Crippen molar-refractivity contribution in [1.82, 2.24) is 0 Å². The molecule has 0 unspecified atom stereocenters. The third-order valence-electron chi connectivity index (χ3n) is 4.02. The molecule has 0 amide bonds. The van der Waals surface area contributed by atoms with Crippen LogP contribution in [0.5, 0.6) is 5.75 Å². The van der Waals surface area contributed by atoms with Crippen molar-refractivity contribution >= 4 is 16.5 Å². The molecule has 2 N–H and O–H groups in total. The van der Waals surface area contributed by atoms with Crippen LogP contribution in [0.15, 0.2) is 60.7 Å². The van der Waals surface area contributed by atoms with Crippen LogP contribution in [0.25, 0.3) is 10.8 Å². The summed E-state index contributed by atoms with van der Waals surface area (Å²) >= 11 is 0. The molecule has 0 aliphatic carbocycles. The van der Waals surface area contributed by atoms with E-state index < -0.39 is 0 Å². The van der Waals surface area contributed by atoms with Crippen LogP contribution in [0.1, 0.15) is 25.0 Å². The molecule has 0 aliphatic rings. The van der Waals surface area contributed by atoms with E-state index in [9.17, 15) is 5.11 Å². The number of phenolic OH excluding ortho intramolecular Hbond substituents is 1. The number of aromatic hydroxyl groups is 1. The molecule has 2 nitrogen and oxygen atoms in total. The molecule has 0 spiro atoms. The van der Waals surface area contributed by atoms with Gasteiger partial charge in [0.15, 0.2) is 0 Å². The van der Waals surface area contributed by atoms with E-state index in [4.69, 9.17) is 0 Å². The molecule has 0 heterocycles. The summed E-state index contributed by atoms with van der Waals surface area (Å²) in [6, 6.07) is 20.6. The van der Waals surface area contributed by atoms with Crippen LogP contribution in [0.2, 0.25) is 0 Å². The van der Waals surface area contributed by atoms with Gasteiger partial charge in [-0.2, -0.15) is 0 Å². The second-order valence-corrected chi connectivity index (χ2v) is 6.48. The lowest BCUT2D eigenvalue weighted by molar-refractivity contribution is 0.468. The molecular weight excluding hydrogens is 282 g/mol. The Balaban J connectivity index is 1.76. The molecule has 0 saturated heterocycles. The minimum atomic E-state index is 0.353. The van der Waals surface area contributed by atoms with Crippen LogP contribution < -0.4 is 5.32 Å². The first-order valence-corrected chi connectivity index (χ1v) is 8.15. The Labute approximate surface area is 137 Å². The molecule has 3 aromatic rings. The van der Waals surface area contributed by atoms with Crippen molar-refractivity contribution in [1.29, 1.82) is 0 Å². The zero-order valence-electron chi connectivity index (χ0n) is 13.7. The van der Waals surface area contributed by atoms with E-state index in [0.29, 0.717) is 18.2 Å². The Morgan fingerprint density at radius 2 is 1.70 bits per heavy atom. The van der Waals surface area contributed by atoms with Crippen molar-refractivity contribution < 1.29 is 5.11 Å². The van der Waals surface area contributed by atoms with Gasteiger partial charge in [-0.3, -0.25) is 0 Å². The number of hydrogen-bond donors (Lipinski definition) is 2. The molecule has 0 saturated carbocycles. The number of hydrogen-bond acceptors (Lipinski definition) is 2. The van der Waals surface area contributed by atoms with Crippen molar-refractivity contribution in [3.8, 4) is 5.75 Å². The Hall–Kier alpha value is -2.48. The van der Waals surface area contributed by atoms with Crippen LogP contribution in [0.3, 0.4) is 0 Å². The third kappa shape index (κ3) is 3.84. The summed E-state index contributed by atoms with van der Waals surface area (Å²) in [4.78, 5) is 0. The van der Waals surface area contributed by atoms with Gasteiger partial charge in [-0.05, 0) is 46.9 Å². The largest absolute Gasteiger partial charge is 0.508 e. The predicted octanol–water partition coefficient (Wildman–Crippen LogP) is 5.36. The zero-order valence-corrected chi connectivity index (χ0v) is 13.7. The first-order chi connectivity index (χ1) is 11.1. The number of rotatable bonds is 5. The highest BCUT2D eigenvalue weighted by Crippen LogP contribution is 2.23. The molecule has 0 aromatic heterocycles. The van der Waals surface area contributed by atoms with Crippen molar-refractivity contribution in [2.24, 2.45) is 5.92 Å². The number of phenols is 1. The maximum atomic E-state index is 10.1. The summed E-state index contributed by atoms with van der Waals surface area (Å²) in [6.45, 7) is 5.04. The summed E-state index contributed by atoms with van der Waals surface area (Å²) in [5, 5.41) is 15.9. The molecule has 3 aromatic carbocycles. The normalized spacial score (nSPS) is 11.1. The number of fused-ring (bicyclic) bond motifs is 1. The van der Waals surface area contributed by atoms with Crippen LogP contribution in [0.4, 0.5) is 5.69 Å². The van der Waals surface area contributed by atoms with Crippen molar-refractivity contribution in [3.05, 3.63) is 71.8 Å². The topological polar surface area (TPSA) is 32.3 Å². The fourth-order valence-electron chi connectivity index (χ4n) is 2.88. The average Bonchev–Trinajstić information content (AvgIpc) is 2.54. The first-order valence-electron chi connectivity index (χ1n) is 8.15. The lowest BCUT2D eigenvalue weighted by atomic mass is 10.0. The van der Waals surface area contributed by atoms with Crippen LogP contribution in [-0.4, -0.2) is 5.11 Å². The number of nitrogens with one attached hydrogen (secondary N) is 1. The Morgan fingerprint density at radius 1 is 0.913 bits per heavy atom. The van der Waals surface area contributed by atoms with Gasteiger partial charge in [-0.15, -0.1) is 0 Å². The van der Waals surface area contributed by atoms with E-state index in [1.54, 1.807) is 6.07 Å². The number of benzene rings is 3. The van der Waals surface area contributed by atoms with Crippen molar-refractivity contribution in [2.75, 3.05) is 5.32 Å². The Morgan fingerprint density at radius 3 is 2.48 bits per heavy atom. The SMILES string of the molecule is CC(C)Cc1ccc(O)c(CNc2ccc3ccccc3c2)c1. The Bertz CT molecular complexity index is 808. The fourth-order valence-corrected chi connectivity index (χ4v) is 2.88. The molecule has 3 rings (SSSR count). The average molecular weight is 305 g/mol. The standard InChI is InChI=1S/C21H23NO/c1-15(2)11-16-7-10-21(23)19(12-16)14-22-20-9-8-17-5-3-4-6-18(17)13-20/h3-10,12-13,15,22-23H,11,14H2,1-2H3. The molecule has 118 valence electrons. The van der Waals surface area contributed by atoms with Crippen molar-refractivity contribution in [2.45, 2.75) is 26.8 Å². The Kier molecular flexibility index (Phi) is 4.52. The molecular formula is C21H23NO. The first kappa shape index (κ1) is 15.4. The molecule has 0 atom stereocenters. The maximum Gasteiger partial charge on any atom is 0.120 e.